The minimum absolute atomic E-state index is 0.00462. The van der Waals surface area contributed by atoms with Gasteiger partial charge in [-0.3, -0.25) is 33.8 Å². The SMILES string of the molecule is CC(C)(C)C(NC(=O)CNC(=O)c1cnccn1)C(=O)N1Cc2ccccc2CC1C(=O)NCC(=O)C(=O)NC1CC1.CC(C)C.CCCC. The van der Waals surface area contributed by atoms with Gasteiger partial charge in [-0.1, -0.05) is 92.5 Å². The van der Waals surface area contributed by atoms with Gasteiger partial charge >= 0.3 is 0 Å². The van der Waals surface area contributed by atoms with Gasteiger partial charge in [0, 0.05) is 31.4 Å². The summed E-state index contributed by atoms with van der Waals surface area (Å²) in [5.74, 6) is -2.97. The minimum Gasteiger partial charge on any atom is -0.347 e. The highest BCUT2D eigenvalue weighted by molar-refractivity contribution is 6.37. The van der Waals surface area contributed by atoms with Crippen molar-refractivity contribution in [1.29, 1.82) is 0 Å². The summed E-state index contributed by atoms with van der Waals surface area (Å²) in [6.07, 6.45) is 8.51. The second-order valence-electron chi connectivity index (χ2n) is 14.2. The Balaban J connectivity index is 0.000000978. The van der Waals surface area contributed by atoms with E-state index in [0.29, 0.717) is 0 Å². The first-order chi connectivity index (χ1) is 23.6. The lowest BCUT2D eigenvalue weighted by Crippen LogP contribution is -2.61. The Morgan fingerprint density at radius 2 is 1.52 bits per heavy atom. The zero-order valence-corrected chi connectivity index (χ0v) is 30.8. The van der Waals surface area contributed by atoms with Gasteiger partial charge in [-0.2, -0.15) is 0 Å². The Hall–Kier alpha value is -4.68. The summed E-state index contributed by atoms with van der Waals surface area (Å²) in [6, 6.07) is 5.38. The van der Waals surface area contributed by atoms with E-state index in [0.717, 1.165) is 29.9 Å². The molecule has 0 radical (unpaired) electrons. The molecule has 1 fully saturated rings. The van der Waals surface area contributed by atoms with Crippen molar-refractivity contribution < 1.29 is 28.8 Å². The van der Waals surface area contributed by atoms with Crippen LogP contribution in [0.4, 0.5) is 0 Å². The van der Waals surface area contributed by atoms with Gasteiger partial charge in [-0.25, -0.2) is 4.98 Å². The van der Waals surface area contributed by atoms with Gasteiger partial charge < -0.3 is 26.2 Å². The molecular formula is C37H55N7O6. The summed E-state index contributed by atoms with van der Waals surface area (Å²) in [6.45, 7) is 15.4. The van der Waals surface area contributed by atoms with Crippen LogP contribution in [-0.4, -0.2) is 81.4 Å². The first-order valence-electron chi connectivity index (χ1n) is 17.4. The number of hydrogen-bond acceptors (Lipinski definition) is 8. The van der Waals surface area contributed by atoms with Crippen LogP contribution in [0, 0.1) is 11.3 Å². The molecule has 5 amide bonds. The van der Waals surface area contributed by atoms with Crippen LogP contribution in [-0.2, 0) is 36.9 Å². The number of nitrogens with one attached hydrogen (secondary N) is 4. The van der Waals surface area contributed by atoms with E-state index in [-0.39, 0.29) is 24.7 Å². The van der Waals surface area contributed by atoms with Gasteiger partial charge in [0.15, 0.2) is 0 Å². The molecular weight excluding hydrogens is 638 g/mol. The Morgan fingerprint density at radius 3 is 2.06 bits per heavy atom. The number of unbranched alkanes of at least 4 members (excludes halogenated alkanes) is 1. The topological polar surface area (TPSA) is 180 Å². The Bertz CT molecular complexity index is 1450. The van der Waals surface area contributed by atoms with Crippen molar-refractivity contribution in [3.63, 3.8) is 0 Å². The summed E-state index contributed by atoms with van der Waals surface area (Å²) in [5, 5.41) is 10.3. The highest BCUT2D eigenvalue weighted by Crippen LogP contribution is 2.28. The molecule has 2 atom stereocenters. The van der Waals surface area contributed by atoms with E-state index in [9.17, 15) is 28.8 Å². The number of carbonyl (C=O) groups is 6. The van der Waals surface area contributed by atoms with Crippen molar-refractivity contribution in [1.82, 2.24) is 36.1 Å². The highest BCUT2D eigenvalue weighted by atomic mass is 16.2. The van der Waals surface area contributed by atoms with Crippen molar-refractivity contribution in [2.45, 2.75) is 112 Å². The van der Waals surface area contributed by atoms with Crippen molar-refractivity contribution in [2.75, 3.05) is 13.1 Å². The lowest BCUT2D eigenvalue weighted by atomic mass is 9.84. The molecule has 1 aliphatic carbocycles. The van der Waals surface area contributed by atoms with Crippen molar-refractivity contribution in [3.8, 4) is 0 Å². The first-order valence-corrected chi connectivity index (χ1v) is 17.4. The smallest absolute Gasteiger partial charge is 0.289 e. The molecule has 2 unspecified atom stereocenters. The van der Waals surface area contributed by atoms with Crippen molar-refractivity contribution in [3.05, 3.63) is 59.7 Å². The van der Waals surface area contributed by atoms with Gasteiger partial charge in [-0.15, -0.1) is 0 Å². The number of benzene rings is 1. The summed E-state index contributed by atoms with van der Waals surface area (Å²) in [7, 11) is 0. The second kappa shape index (κ2) is 20.1. The predicted molar refractivity (Wildman–Crippen MR) is 191 cm³/mol. The number of aromatic nitrogens is 2. The summed E-state index contributed by atoms with van der Waals surface area (Å²) in [4.78, 5) is 86.0. The molecule has 2 heterocycles. The average Bonchev–Trinajstić information content (AvgIpc) is 3.91. The number of nitrogens with zero attached hydrogens (tertiary/aromatic N) is 3. The molecule has 1 saturated carbocycles. The molecule has 1 aliphatic heterocycles. The van der Waals surface area contributed by atoms with E-state index in [4.69, 9.17) is 0 Å². The lowest BCUT2D eigenvalue weighted by molar-refractivity contribution is -0.147. The maximum atomic E-state index is 14.0. The van der Waals surface area contributed by atoms with Gasteiger partial charge in [0.1, 0.15) is 17.8 Å². The quantitative estimate of drug-likeness (QED) is 0.259. The number of rotatable bonds is 11. The highest BCUT2D eigenvalue weighted by Gasteiger charge is 2.42. The molecule has 13 heteroatoms. The number of amides is 5. The van der Waals surface area contributed by atoms with Crippen LogP contribution in [0.5, 0.6) is 0 Å². The fourth-order valence-corrected chi connectivity index (χ4v) is 4.54. The third-order valence-electron chi connectivity index (χ3n) is 7.55. The van der Waals surface area contributed by atoms with Crippen molar-refractivity contribution in [2.24, 2.45) is 11.3 Å². The van der Waals surface area contributed by atoms with E-state index in [1.165, 1.54) is 36.3 Å². The number of carbonyl (C=O) groups excluding carboxylic acids is 6. The number of hydrogen-bond donors (Lipinski definition) is 4. The maximum absolute atomic E-state index is 14.0. The van der Waals surface area contributed by atoms with Crippen LogP contribution in [0.15, 0.2) is 42.9 Å². The fraction of sp³-hybridized carbons (Fsp3) is 0.568. The zero-order chi connectivity index (χ0) is 37.4. The molecule has 2 aromatic rings. The first kappa shape index (κ1) is 41.5. The fourth-order valence-electron chi connectivity index (χ4n) is 4.54. The van der Waals surface area contributed by atoms with E-state index in [1.807, 2.05) is 24.3 Å². The molecule has 274 valence electrons. The number of ketones is 1. The summed E-state index contributed by atoms with van der Waals surface area (Å²) in [5.41, 5.74) is 1.00. The predicted octanol–water partition coefficient (Wildman–Crippen LogP) is 3.12. The van der Waals surface area contributed by atoms with E-state index in [1.54, 1.807) is 20.8 Å². The van der Waals surface area contributed by atoms with Crippen LogP contribution in [0.25, 0.3) is 0 Å². The molecule has 4 N–H and O–H groups in total. The van der Waals surface area contributed by atoms with Crippen LogP contribution in [0.2, 0.25) is 0 Å². The van der Waals surface area contributed by atoms with Crippen molar-refractivity contribution >= 4 is 35.3 Å². The molecule has 1 aromatic carbocycles. The molecule has 4 rings (SSSR count). The maximum Gasteiger partial charge on any atom is 0.289 e. The second-order valence-corrected chi connectivity index (χ2v) is 14.2. The molecule has 13 nitrogen and oxygen atoms in total. The van der Waals surface area contributed by atoms with Crippen LogP contribution in [0.3, 0.4) is 0 Å². The normalized spacial score (nSPS) is 15.5. The molecule has 2 aliphatic rings. The Labute approximate surface area is 296 Å². The molecule has 0 bridgehead atoms. The van der Waals surface area contributed by atoms with Gasteiger partial charge in [0.05, 0.1) is 19.3 Å². The van der Waals surface area contributed by atoms with E-state index < -0.39 is 65.9 Å². The Kier molecular flexibility index (Phi) is 16.7. The monoisotopic (exact) mass is 693 g/mol. The molecule has 0 saturated heterocycles. The van der Waals surface area contributed by atoms with Crippen LogP contribution >= 0.6 is 0 Å². The van der Waals surface area contributed by atoms with E-state index in [2.05, 4.69) is 65.9 Å². The summed E-state index contributed by atoms with van der Waals surface area (Å²) < 4.78 is 0. The average molecular weight is 694 g/mol. The Morgan fingerprint density at radius 1 is 0.900 bits per heavy atom. The standard InChI is InChI=1S/C29H35N7O6.2C4H10/c1-29(2,3)24(35-23(38)15-33-25(39)20-13-30-10-11-31-20)28(42)36-16-18-7-5-4-6-17(18)12-21(36)26(40)32-14-22(37)27(41)34-19-8-9-19;1-4(2)3;1-3-4-2/h4-7,10-11,13,19,21,24H,8-9,12,14-16H2,1-3H3,(H,32,40)(H,33,39)(H,34,41)(H,35,38);4H,1-3H3;3-4H2,1-2H3. The van der Waals surface area contributed by atoms with Gasteiger partial charge in [0.25, 0.3) is 11.8 Å². The van der Waals surface area contributed by atoms with Gasteiger partial charge in [-0.05, 0) is 35.3 Å². The number of fused-ring (bicyclic) bond motifs is 1. The van der Waals surface area contributed by atoms with Gasteiger partial charge in [0.2, 0.25) is 23.5 Å². The zero-order valence-electron chi connectivity index (χ0n) is 30.8. The molecule has 50 heavy (non-hydrogen) atoms. The third-order valence-corrected chi connectivity index (χ3v) is 7.55. The largest absolute Gasteiger partial charge is 0.347 e. The molecule has 1 aromatic heterocycles. The lowest BCUT2D eigenvalue weighted by Gasteiger charge is -2.41. The summed E-state index contributed by atoms with van der Waals surface area (Å²) >= 11 is 0. The van der Waals surface area contributed by atoms with Crippen LogP contribution < -0.4 is 21.3 Å². The minimum atomic E-state index is -1.05. The number of Topliss-reactive ketones (excluding diaryl/α,β-unsaturated/α-hetero) is 1. The molecule has 0 spiro atoms. The van der Waals surface area contributed by atoms with E-state index >= 15 is 0 Å². The third kappa shape index (κ3) is 14.0. The van der Waals surface area contributed by atoms with Crippen LogP contribution in [0.1, 0.15) is 103 Å².